The molecule has 6 nitrogen and oxygen atoms in total. The van der Waals surface area contributed by atoms with E-state index in [4.69, 9.17) is 16.0 Å². The van der Waals surface area contributed by atoms with Gasteiger partial charge in [0.1, 0.15) is 10.6 Å². The Morgan fingerprint density at radius 3 is 2.68 bits per heavy atom. The van der Waals surface area contributed by atoms with Crippen LogP contribution in [0.4, 0.5) is 5.13 Å². The maximum Gasteiger partial charge on any atom is 0.297 e. The predicted molar refractivity (Wildman–Crippen MR) is 124 cm³/mol. The summed E-state index contributed by atoms with van der Waals surface area (Å²) >= 11 is 10.9. The highest BCUT2D eigenvalue weighted by molar-refractivity contribution is 9.10. The minimum absolute atomic E-state index is 0.0278. The molecule has 0 N–H and O–H groups in total. The van der Waals surface area contributed by atoms with Gasteiger partial charge in [-0.15, -0.1) is 10.2 Å². The number of carbonyl (C=O) groups is 1. The summed E-state index contributed by atoms with van der Waals surface area (Å²) in [6, 6.07) is 11.6. The van der Waals surface area contributed by atoms with Crippen LogP contribution in [-0.2, 0) is 6.42 Å². The van der Waals surface area contributed by atoms with Crippen LogP contribution in [-0.4, -0.2) is 16.1 Å². The van der Waals surface area contributed by atoms with Gasteiger partial charge in [0.25, 0.3) is 5.91 Å². The van der Waals surface area contributed by atoms with E-state index >= 15 is 0 Å². The molecule has 1 atom stereocenters. The lowest BCUT2D eigenvalue weighted by Gasteiger charge is -2.22. The van der Waals surface area contributed by atoms with Gasteiger partial charge < -0.3 is 4.42 Å². The molecule has 156 valence electrons. The van der Waals surface area contributed by atoms with Crippen molar-refractivity contribution in [3.8, 4) is 0 Å². The van der Waals surface area contributed by atoms with E-state index < -0.39 is 11.9 Å². The molecule has 0 saturated heterocycles. The summed E-state index contributed by atoms with van der Waals surface area (Å²) in [5, 5.41) is 10.5. The predicted octanol–water partition coefficient (Wildman–Crippen LogP) is 5.76. The standard InChI is InChI=1S/C22H15BrClN3O3S/c1-2-3-16-25-26-22(31-16)27-18(11-4-6-12(23)7-5-11)17-19(28)14-10-13(24)8-9-15(14)30-20(17)21(27)29/h4-10,18H,2-3H2,1H3. The maximum atomic E-state index is 13.5. The number of amides is 1. The van der Waals surface area contributed by atoms with Crippen LogP contribution >= 0.6 is 38.9 Å². The molecular formula is C22H15BrClN3O3S. The van der Waals surface area contributed by atoms with Crippen molar-refractivity contribution in [2.24, 2.45) is 0 Å². The number of nitrogens with zero attached hydrogens (tertiary/aromatic N) is 3. The van der Waals surface area contributed by atoms with Crippen LogP contribution < -0.4 is 10.3 Å². The van der Waals surface area contributed by atoms with Gasteiger partial charge in [0.15, 0.2) is 5.43 Å². The number of hydrogen-bond acceptors (Lipinski definition) is 6. The fourth-order valence-electron chi connectivity index (χ4n) is 3.76. The molecule has 31 heavy (non-hydrogen) atoms. The van der Waals surface area contributed by atoms with Gasteiger partial charge in [0.05, 0.1) is 17.0 Å². The molecule has 0 bridgehead atoms. The fraction of sp³-hybridized carbons (Fsp3) is 0.182. The van der Waals surface area contributed by atoms with Gasteiger partial charge >= 0.3 is 0 Å². The number of benzene rings is 2. The van der Waals surface area contributed by atoms with Gasteiger partial charge in [-0.3, -0.25) is 14.5 Å². The van der Waals surface area contributed by atoms with E-state index in [2.05, 4.69) is 33.1 Å². The maximum absolute atomic E-state index is 13.5. The Kier molecular flexibility index (Phi) is 5.16. The molecule has 9 heteroatoms. The Morgan fingerprint density at radius 1 is 1.16 bits per heavy atom. The lowest BCUT2D eigenvalue weighted by atomic mass is 9.99. The van der Waals surface area contributed by atoms with E-state index in [9.17, 15) is 9.59 Å². The van der Waals surface area contributed by atoms with Crippen molar-refractivity contribution in [1.82, 2.24) is 10.2 Å². The minimum atomic E-state index is -0.669. The number of rotatable bonds is 4. The normalized spacial score (nSPS) is 15.6. The Hall–Kier alpha value is -2.55. The topological polar surface area (TPSA) is 76.3 Å². The van der Waals surface area contributed by atoms with Gasteiger partial charge in [-0.2, -0.15) is 0 Å². The average molecular weight is 517 g/mol. The third-order valence-corrected chi connectivity index (χ3v) is 6.89. The van der Waals surface area contributed by atoms with Crippen LogP contribution in [0.2, 0.25) is 5.02 Å². The van der Waals surface area contributed by atoms with Crippen LogP contribution in [0.5, 0.6) is 0 Å². The number of fused-ring (bicyclic) bond motifs is 2. The van der Waals surface area contributed by atoms with E-state index in [1.165, 1.54) is 16.2 Å². The highest BCUT2D eigenvalue weighted by atomic mass is 79.9. The SMILES string of the molecule is CCCc1nnc(N2C(=O)c3oc4ccc(Cl)cc4c(=O)c3C2c2ccc(Br)cc2)s1. The molecule has 1 aliphatic heterocycles. The summed E-state index contributed by atoms with van der Waals surface area (Å²) in [6.45, 7) is 2.06. The first-order valence-electron chi connectivity index (χ1n) is 9.65. The first-order valence-corrected chi connectivity index (χ1v) is 11.6. The smallest absolute Gasteiger partial charge is 0.297 e. The molecule has 0 aliphatic carbocycles. The third-order valence-electron chi connectivity index (χ3n) is 5.14. The van der Waals surface area contributed by atoms with E-state index in [1.807, 2.05) is 24.3 Å². The van der Waals surface area contributed by atoms with Gasteiger partial charge in [0.2, 0.25) is 10.9 Å². The quantitative estimate of drug-likeness (QED) is 0.344. The molecular weight excluding hydrogens is 502 g/mol. The first kappa shape index (κ1) is 20.4. The molecule has 0 fully saturated rings. The van der Waals surface area contributed by atoms with Crippen molar-refractivity contribution in [3.05, 3.63) is 84.1 Å². The highest BCUT2D eigenvalue weighted by Gasteiger charge is 2.45. The van der Waals surface area contributed by atoms with E-state index in [1.54, 1.807) is 18.2 Å². The van der Waals surface area contributed by atoms with Crippen molar-refractivity contribution in [3.63, 3.8) is 0 Å². The van der Waals surface area contributed by atoms with Crippen molar-refractivity contribution in [1.29, 1.82) is 0 Å². The van der Waals surface area contributed by atoms with Gasteiger partial charge in [-0.1, -0.05) is 57.9 Å². The van der Waals surface area contributed by atoms with Crippen LogP contribution in [0, 0.1) is 0 Å². The second-order valence-corrected chi connectivity index (χ2v) is 9.56. The molecule has 2 aromatic heterocycles. The highest BCUT2D eigenvalue weighted by Crippen LogP contribution is 2.42. The van der Waals surface area contributed by atoms with Crippen LogP contribution in [0.25, 0.3) is 11.0 Å². The summed E-state index contributed by atoms with van der Waals surface area (Å²) in [4.78, 5) is 28.5. The van der Waals surface area contributed by atoms with Gasteiger partial charge in [0, 0.05) is 15.9 Å². The Morgan fingerprint density at radius 2 is 1.94 bits per heavy atom. The molecule has 5 rings (SSSR count). The third kappa shape index (κ3) is 3.39. The van der Waals surface area contributed by atoms with Crippen molar-refractivity contribution < 1.29 is 9.21 Å². The zero-order valence-corrected chi connectivity index (χ0v) is 19.4. The number of hydrogen-bond donors (Lipinski definition) is 0. The Bertz CT molecular complexity index is 1380. The van der Waals surface area contributed by atoms with Gasteiger partial charge in [-0.05, 0) is 42.3 Å². The molecule has 2 aromatic carbocycles. The summed E-state index contributed by atoms with van der Waals surface area (Å²) < 4.78 is 6.83. The lowest BCUT2D eigenvalue weighted by molar-refractivity contribution is 0.0970. The van der Waals surface area contributed by atoms with E-state index in [0.717, 1.165) is 27.9 Å². The molecule has 3 heterocycles. The number of aryl methyl sites for hydroxylation is 1. The van der Waals surface area contributed by atoms with Gasteiger partial charge in [-0.25, -0.2) is 0 Å². The summed E-state index contributed by atoms with van der Waals surface area (Å²) in [7, 11) is 0. The number of anilines is 1. The molecule has 0 spiro atoms. The van der Waals surface area contributed by atoms with Crippen molar-refractivity contribution in [2.45, 2.75) is 25.8 Å². The second kappa shape index (κ2) is 7.85. The van der Waals surface area contributed by atoms with Crippen LogP contribution in [0.15, 0.2) is 56.1 Å². The molecule has 1 aliphatic rings. The largest absolute Gasteiger partial charge is 0.450 e. The molecule has 4 aromatic rings. The van der Waals surface area contributed by atoms with E-state index in [0.29, 0.717) is 21.1 Å². The molecule has 0 radical (unpaired) electrons. The van der Waals surface area contributed by atoms with Crippen LogP contribution in [0.1, 0.15) is 46.1 Å². The minimum Gasteiger partial charge on any atom is -0.450 e. The summed E-state index contributed by atoms with van der Waals surface area (Å²) in [5.41, 5.74) is 1.10. The first-order chi connectivity index (χ1) is 15.0. The van der Waals surface area contributed by atoms with Crippen LogP contribution in [0.3, 0.4) is 0 Å². The molecule has 1 amide bonds. The fourth-order valence-corrected chi connectivity index (χ4v) is 5.16. The monoisotopic (exact) mass is 515 g/mol. The molecule has 1 unspecified atom stereocenters. The van der Waals surface area contributed by atoms with Crippen molar-refractivity contribution >= 4 is 60.9 Å². The summed E-state index contributed by atoms with van der Waals surface area (Å²) in [6.07, 6.45) is 1.69. The van der Waals surface area contributed by atoms with E-state index in [-0.39, 0.29) is 16.8 Å². The number of aromatic nitrogens is 2. The zero-order valence-electron chi connectivity index (χ0n) is 16.3. The molecule has 0 saturated carbocycles. The zero-order chi connectivity index (χ0) is 21.7. The number of carbonyl (C=O) groups excluding carboxylic acids is 1. The number of halogens is 2. The summed E-state index contributed by atoms with van der Waals surface area (Å²) in [5.74, 6) is -0.379. The second-order valence-electron chi connectivity index (χ2n) is 7.17. The van der Waals surface area contributed by atoms with Crippen molar-refractivity contribution in [2.75, 3.05) is 4.90 Å². The average Bonchev–Trinajstić information content (AvgIpc) is 3.32. The lowest BCUT2D eigenvalue weighted by Crippen LogP contribution is -2.29. The Balaban J connectivity index is 1.77. The Labute approximate surface area is 194 Å².